The van der Waals surface area contributed by atoms with E-state index < -0.39 is 0 Å². The highest BCUT2D eigenvalue weighted by Gasteiger charge is 2.28. The summed E-state index contributed by atoms with van der Waals surface area (Å²) in [6.45, 7) is 4.20. The molecule has 0 fully saturated rings. The molecule has 6 nitrogen and oxygen atoms in total. The van der Waals surface area contributed by atoms with Crippen LogP contribution in [0.4, 0.5) is 17.1 Å². The van der Waals surface area contributed by atoms with Crippen LogP contribution in [0.3, 0.4) is 0 Å². The van der Waals surface area contributed by atoms with Gasteiger partial charge in [-0.3, -0.25) is 4.79 Å². The van der Waals surface area contributed by atoms with Crippen LogP contribution < -0.4 is 15.1 Å². The third-order valence-corrected chi connectivity index (χ3v) is 5.09. The fourth-order valence-electron chi connectivity index (χ4n) is 3.44. The zero-order chi connectivity index (χ0) is 21.5. The van der Waals surface area contributed by atoms with E-state index in [-0.39, 0.29) is 11.9 Å². The predicted octanol–water partition coefficient (Wildman–Crippen LogP) is 4.17. The minimum absolute atomic E-state index is 0.0566. The first-order valence-electron chi connectivity index (χ1n) is 10.0. The normalized spacial score (nSPS) is 13.2. The summed E-state index contributed by atoms with van der Waals surface area (Å²) in [4.78, 5) is 28.1. The second-order valence-electron chi connectivity index (χ2n) is 6.88. The van der Waals surface area contributed by atoms with Crippen molar-refractivity contribution < 1.29 is 14.3 Å². The molecule has 7 heteroatoms. The van der Waals surface area contributed by atoms with Crippen molar-refractivity contribution >= 4 is 40.5 Å². The highest BCUT2D eigenvalue weighted by molar-refractivity contribution is 6.31. The van der Waals surface area contributed by atoms with Gasteiger partial charge in [0.15, 0.2) is 0 Å². The number of para-hydroxylation sites is 2. The molecule has 0 spiro atoms. The molecule has 0 aliphatic carbocycles. The summed E-state index contributed by atoms with van der Waals surface area (Å²) in [5.74, 6) is -0.387. The number of nitrogens with one attached hydrogen (secondary N) is 1. The molecular formula is C23H26ClN3O3. The van der Waals surface area contributed by atoms with Crippen LogP contribution in [0.15, 0.2) is 54.6 Å². The van der Waals surface area contributed by atoms with Crippen LogP contribution in [0, 0.1) is 0 Å². The lowest BCUT2D eigenvalue weighted by Crippen LogP contribution is -2.25. The molecule has 1 N–H and O–H groups in total. The molecule has 0 atom stereocenters. The fraction of sp³-hybridized carbons (Fsp3) is 0.304. The lowest BCUT2D eigenvalue weighted by Gasteiger charge is -2.26. The number of nitrogens with zero attached hydrogens (tertiary/aromatic N) is 2. The van der Waals surface area contributed by atoms with Crippen molar-refractivity contribution in [3.63, 3.8) is 0 Å². The molecule has 1 aliphatic rings. The van der Waals surface area contributed by atoms with E-state index in [2.05, 4.69) is 10.2 Å². The molecule has 0 saturated carbocycles. The number of amides is 1. The first kappa shape index (κ1) is 21.9. The highest BCUT2D eigenvalue weighted by Crippen LogP contribution is 2.40. The Morgan fingerprint density at radius 2 is 1.93 bits per heavy atom. The topological polar surface area (TPSA) is 61.9 Å². The number of esters is 1. The van der Waals surface area contributed by atoms with Crippen LogP contribution in [-0.4, -0.2) is 45.2 Å². The van der Waals surface area contributed by atoms with Crippen LogP contribution in [0.5, 0.6) is 0 Å². The quantitative estimate of drug-likeness (QED) is 0.389. The Hall–Kier alpha value is -2.83. The molecule has 1 amide bonds. The monoisotopic (exact) mass is 427 g/mol. The smallest absolute Gasteiger partial charge is 0.330 e. The van der Waals surface area contributed by atoms with Crippen molar-refractivity contribution in [1.82, 2.24) is 5.32 Å². The van der Waals surface area contributed by atoms with Gasteiger partial charge in [0.25, 0.3) is 5.91 Å². The number of carbonyl (C=O) groups is 2. The van der Waals surface area contributed by atoms with E-state index in [1.54, 1.807) is 37.1 Å². The van der Waals surface area contributed by atoms with Crippen molar-refractivity contribution in [1.29, 1.82) is 0 Å². The van der Waals surface area contributed by atoms with Gasteiger partial charge < -0.3 is 19.9 Å². The van der Waals surface area contributed by atoms with Gasteiger partial charge >= 0.3 is 5.97 Å². The maximum atomic E-state index is 13.0. The van der Waals surface area contributed by atoms with E-state index in [4.69, 9.17) is 16.3 Å². The summed E-state index contributed by atoms with van der Waals surface area (Å²) in [5, 5.41) is 3.88. The van der Waals surface area contributed by atoms with Gasteiger partial charge in [0.1, 0.15) is 0 Å². The molecule has 0 radical (unpaired) electrons. The molecule has 2 aromatic rings. The third-order valence-electron chi connectivity index (χ3n) is 4.86. The van der Waals surface area contributed by atoms with Gasteiger partial charge in [0.05, 0.1) is 29.2 Å². The van der Waals surface area contributed by atoms with Crippen molar-refractivity contribution in [2.45, 2.75) is 13.3 Å². The number of hydrogen-bond acceptors (Lipinski definition) is 5. The van der Waals surface area contributed by atoms with Crippen LogP contribution in [0.2, 0.25) is 5.02 Å². The molecule has 30 heavy (non-hydrogen) atoms. The van der Waals surface area contributed by atoms with E-state index >= 15 is 0 Å². The Labute approximate surface area is 182 Å². The number of carbonyl (C=O) groups excluding carboxylic acids is 2. The number of ether oxygens (including phenoxy) is 1. The van der Waals surface area contributed by atoms with E-state index in [1.807, 2.05) is 30.3 Å². The average molecular weight is 428 g/mol. The number of hydrogen-bond donors (Lipinski definition) is 1. The van der Waals surface area contributed by atoms with Crippen LogP contribution in [0.1, 0.15) is 23.7 Å². The summed E-state index contributed by atoms with van der Waals surface area (Å²) in [6.07, 6.45) is 4.02. The van der Waals surface area contributed by atoms with Crippen molar-refractivity contribution in [2.24, 2.45) is 0 Å². The first-order chi connectivity index (χ1) is 14.5. The number of halogens is 1. The molecule has 0 unspecified atom stereocenters. The largest absolute Gasteiger partial charge is 0.463 e. The molecule has 0 aromatic heterocycles. The minimum Gasteiger partial charge on any atom is -0.463 e. The summed E-state index contributed by atoms with van der Waals surface area (Å²) in [7, 11) is 1.79. The lowest BCUT2D eigenvalue weighted by atomic mass is 10.1. The third kappa shape index (κ3) is 5.01. The number of benzene rings is 2. The van der Waals surface area contributed by atoms with Gasteiger partial charge in [-0.05, 0) is 50.2 Å². The molecule has 1 aliphatic heterocycles. The summed E-state index contributed by atoms with van der Waals surface area (Å²) >= 11 is 6.26. The van der Waals surface area contributed by atoms with Gasteiger partial charge in [-0.15, -0.1) is 0 Å². The van der Waals surface area contributed by atoms with E-state index in [9.17, 15) is 9.59 Å². The molecule has 1 heterocycles. The Bertz CT molecular complexity index is 945. The van der Waals surface area contributed by atoms with Crippen LogP contribution >= 0.6 is 11.6 Å². The van der Waals surface area contributed by atoms with Crippen molar-refractivity contribution in [3.8, 4) is 0 Å². The molecule has 2 aromatic carbocycles. The zero-order valence-electron chi connectivity index (χ0n) is 17.2. The Morgan fingerprint density at radius 3 is 2.70 bits per heavy atom. The predicted molar refractivity (Wildman–Crippen MR) is 121 cm³/mol. The van der Waals surface area contributed by atoms with Gasteiger partial charge in [-0.25, -0.2) is 4.79 Å². The SMILES string of the molecule is CCOC(=O)/C=C/CNCCCN1c2cc(Cl)ccc2C(=O)N(C)c2ccccc21. The summed E-state index contributed by atoms with van der Waals surface area (Å²) in [5.41, 5.74) is 3.27. The van der Waals surface area contributed by atoms with Gasteiger partial charge in [0, 0.05) is 31.2 Å². The molecular weight excluding hydrogens is 402 g/mol. The Kier molecular flexibility index (Phi) is 7.49. The summed E-state index contributed by atoms with van der Waals surface area (Å²) in [6, 6.07) is 13.3. The molecule has 0 saturated heterocycles. The van der Waals surface area contributed by atoms with Gasteiger partial charge in [-0.1, -0.05) is 29.8 Å². The second-order valence-corrected chi connectivity index (χ2v) is 7.31. The maximum absolute atomic E-state index is 13.0. The Morgan fingerprint density at radius 1 is 1.17 bits per heavy atom. The van der Waals surface area contributed by atoms with E-state index in [0.717, 1.165) is 30.0 Å². The van der Waals surface area contributed by atoms with E-state index in [0.29, 0.717) is 30.3 Å². The molecule has 0 bridgehead atoms. The lowest BCUT2D eigenvalue weighted by molar-refractivity contribution is -0.137. The highest BCUT2D eigenvalue weighted by atomic mass is 35.5. The summed E-state index contributed by atoms with van der Waals surface area (Å²) < 4.78 is 4.85. The van der Waals surface area contributed by atoms with E-state index in [1.165, 1.54) is 6.08 Å². The number of rotatable bonds is 8. The van der Waals surface area contributed by atoms with Crippen LogP contribution in [0.25, 0.3) is 0 Å². The molecule has 3 rings (SSSR count). The first-order valence-corrected chi connectivity index (χ1v) is 10.4. The minimum atomic E-state index is -0.331. The Balaban J connectivity index is 1.72. The fourth-order valence-corrected chi connectivity index (χ4v) is 3.61. The standard InChI is InChI=1S/C23H26ClN3O3/c1-3-30-22(28)10-6-13-25-14-7-15-27-20-9-5-4-8-19(20)26(2)23(29)18-12-11-17(24)16-21(18)27/h4-6,8-12,16,25H,3,7,13-15H2,1-2H3/b10-6+. The van der Waals surface area contributed by atoms with Crippen molar-refractivity contribution in [2.75, 3.05) is 43.1 Å². The van der Waals surface area contributed by atoms with Crippen LogP contribution in [-0.2, 0) is 9.53 Å². The zero-order valence-corrected chi connectivity index (χ0v) is 18.0. The number of fused-ring (bicyclic) bond motifs is 2. The van der Waals surface area contributed by atoms with Gasteiger partial charge in [0.2, 0.25) is 0 Å². The maximum Gasteiger partial charge on any atom is 0.330 e. The second kappa shape index (κ2) is 10.3. The number of anilines is 3. The van der Waals surface area contributed by atoms with Crippen molar-refractivity contribution in [3.05, 3.63) is 65.2 Å². The average Bonchev–Trinajstić information content (AvgIpc) is 2.82. The van der Waals surface area contributed by atoms with Gasteiger partial charge in [-0.2, -0.15) is 0 Å². The molecule has 158 valence electrons.